The molecule has 0 aliphatic carbocycles. The van der Waals surface area contributed by atoms with Gasteiger partial charge in [-0.05, 0) is 36.2 Å². The molecule has 0 spiro atoms. The number of benzene rings is 1. The second kappa shape index (κ2) is 5.35. The van der Waals surface area contributed by atoms with Crippen LogP contribution in [0.1, 0.15) is 33.9 Å². The maximum atomic E-state index is 12.6. The Morgan fingerprint density at radius 3 is 2.53 bits per heavy atom. The second-order valence-corrected chi connectivity index (χ2v) is 5.38. The third-order valence-electron chi connectivity index (χ3n) is 2.83. The summed E-state index contributed by atoms with van der Waals surface area (Å²) in [6.45, 7) is 1.99. The molecular weight excluding hydrogens is 273 g/mol. The molecule has 2 rings (SSSR count). The van der Waals surface area contributed by atoms with Crippen molar-refractivity contribution >= 4 is 11.3 Å². The maximum Gasteiger partial charge on any atom is 0.416 e. The Labute approximate surface area is 113 Å². The number of aliphatic hydroxyl groups is 1. The molecule has 1 aromatic heterocycles. The highest BCUT2D eigenvalue weighted by atomic mass is 32.1. The number of aliphatic hydroxyl groups excluding tert-OH is 1. The van der Waals surface area contributed by atoms with Gasteiger partial charge in [0.1, 0.15) is 6.10 Å². The molecule has 102 valence electrons. The highest BCUT2D eigenvalue weighted by molar-refractivity contribution is 7.12. The van der Waals surface area contributed by atoms with Crippen molar-refractivity contribution in [3.8, 4) is 0 Å². The van der Waals surface area contributed by atoms with Crippen molar-refractivity contribution in [2.24, 2.45) is 0 Å². The predicted octanol–water partition coefficient (Wildman–Crippen LogP) is 4.41. The van der Waals surface area contributed by atoms with Crippen molar-refractivity contribution in [1.82, 2.24) is 0 Å². The van der Waals surface area contributed by atoms with Crippen LogP contribution in [0.15, 0.2) is 36.4 Å². The molecule has 1 aromatic carbocycles. The molecule has 0 saturated carbocycles. The lowest BCUT2D eigenvalue weighted by atomic mass is 10.0. The first kappa shape index (κ1) is 14.1. The molecule has 0 aliphatic rings. The Morgan fingerprint density at radius 1 is 1.21 bits per heavy atom. The van der Waals surface area contributed by atoms with Crippen molar-refractivity contribution in [1.29, 1.82) is 0 Å². The van der Waals surface area contributed by atoms with Gasteiger partial charge in [0.25, 0.3) is 0 Å². The molecule has 0 saturated heterocycles. The second-order valence-electron chi connectivity index (χ2n) is 4.18. The van der Waals surface area contributed by atoms with Crippen LogP contribution < -0.4 is 0 Å². The van der Waals surface area contributed by atoms with Crippen LogP contribution in [0.3, 0.4) is 0 Å². The van der Waals surface area contributed by atoms with Gasteiger partial charge >= 0.3 is 6.18 Å². The van der Waals surface area contributed by atoms with Gasteiger partial charge in [-0.1, -0.05) is 19.1 Å². The molecule has 0 aliphatic heterocycles. The zero-order valence-electron chi connectivity index (χ0n) is 10.2. The van der Waals surface area contributed by atoms with E-state index < -0.39 is 17.8 Å². The summed E-state index contributed by atoms with van der Waals surface area (Å²) in [6, 6.07) is 8.46. The summed E-state index contributed by atoms with van der Waals surface area (Å²) in [7, 11) is 0. The lowest BCUT2D eigenvalue weighted by Crippen LogP contribution is -2.06. The Hall–Kier alpha value is -1.33. The molecule has 2 aromatic rings. The SMILES string of the molecule is CCc1ccc(C(O)c2cccc(C(F)(F)F)c2)s1. The number of halogens is 3. The molecule has 1 unspecified atom stereocenters. The number of hydrogen-bond acceptors (Lipinski definition) is 2. The van der Waals surface area contributed by atoms with Gasteiger partial charge in [-0.3, -0.25) is 0 Å². The minimum absolute atomic E-state index is 0.263. The quantitative estimate of drug-likeness (QED) is 0.886. The summed E-state index contributed by atoms with van der Waals surface area (Å²) >= 11 is 1.42. The molecule has 1 atom stereocenters. The third-order valence-corrected chi connectivity index (χ3v) is 4.11. The highest BCUT2D eigenvalue weighted by Crippen LogP contribution is 2.33. The van der Waals surface area contributed by atoms with Crippen LogP contribution in [0.2, 0.25) is 0 Å². The predicted molar refractivity (Wildman–Crippen MR) is 69.2 cm³/mol. The van der Waals surface area contributed by atoms with E-state index in [0.717, 1.165) is 23.4 Å². The fraction of sp³-hybridized carbons (Fsp3) is 0.286. The third kappa shape index (κ3) is 3.16. The smallest absolute Gasteiger partial charge is 0.383 e. The lowest BCUT2D eigenvalue weighted by Gasteiger charge is -2.12. The van der Waals surface area contributed by atoms with E-state index in [1.165, 1.54) is 23.5 Å². The molecular formula is C14H13F3OS. The molecule has 0 amide bonds. The summed E-state index contributed by atoms with van der Waals surface area (Å²) in [6.07, 6.45) is -4.55. The lowest BCUT2D eigenvalue weighted by molar-refractivity contribution is -0.137. The average Bonchev–Trinajstić information content (AvgIpc) is 2.86. The summed E-state index contributed by atoms with van der Waals surface area (Å²) < 4.78 is 37.8. The number of thiophene rings is 1. The van der Waals surface area contributed by atoms with E-state index in [4.69, 9.17) is 0 Å². The van der Waals surface area contributed by atoms with E-state index in [2.05, 4.69) is 0 Å². The maximum absolute atomic E-state index is 12.6. The van der Waals surface area contributed by atoms with Crippen molar-refractivity contribution in [2.75, 3.05) is 0 Å². The van der Waals surface area contributed by atoms with Crippen molar-refractivity contribution in [2.45, 2.75) is 25.6 Å². The van der Waals surface area contributed by atoms with Crippen LogP contribution in [0, 0.1) is 0 Å². The van der Waals surface area contributed by atoms with E-state index in [0.29, 0.717) is 4.88 Å². The minimum Gasteiger partial charge on any atom is -0.383 e. The van der Waals surface area contributed by atoms with Gasteiger partial charge in [0, 0.05) is 9.75 Å². The molecule has 1 N–H and O–H groups in total. The van der Waals surface area contributed by atoms with Crippen molar-refractivity contribution in [3.05, 3.63) is 57.3 Å². The van der Waals surface area contributed by atoms with Gasteiger partial charge in [-0.2, -0.15) is 13.2 Å². The topological polar surface area (TPSA) is 20.2 Å². The highest BCUT2D eigenvalue weighted by Gasteiger charge is 2.31. The van der Waals surface area contributed by atoms with E-state index in [-0.39, 0.29) is 5.56 Å². The molecule has 0 bridgehead atoms. The van der Waals surface area contributed by atoms with Crippen molar-refractivity contribution in [3.63, 3.8) is 0 Å². The molecule has 19 heavy (non-hydrogen) atoms. The Bertz CT molecular complexity index is 560. The molecule has 0 fully saturated rings. The monoisotopic (exact) mass is 286 g/mol. The average molecular weight is 286 g/mol. The fourth-order valence-corrected chi connectivity index (χ4v) is 2.75. The summed E-state index contributed by atoms with van der Waals surface area (Å²) in [5.41, 5.74) is -0.476. The molecule has 1 heterocycles. The first-order valence-electron chi connectivity index (χ1n) is 5.85. The van der Waals surface area contributed by atoms with Crippen LogP contribution >= 0.6 is 11.3 Å². The normalized spacial score (nSPS) is 13.5. The van der Waals surface area contributed by atoms with Crippen LogP contribution in [0.5, 0.6) is 0 Å². The van der Waals surface area contributed by atoms with Crippen LogP contribution in [-0.4, -0.2) is 5.11 Å². The largest absolute Gasteiger partial charge is 0.416 e. The summed E-state index contributed by atoms with van der Waals surface area (Å²) in [5.74, 6) is 0. The van der Waals surface area contributed by atoms with Crippen molar-refractivity contribution < 1.29 is 18.3 Å². The first-order valence-corrected chi connectivity index (χ1v) is 6.67. The first-order chi connectivity index (χ1) is 8.91. The van der Waals surface area contributed by atoms with E-state index >= 15 is 0 Å². The number of rotatable bonds is 3. The Kier molecular flexibility index (Phi) is 3.96. The zero-order valence-corrected chi connectivity index (χ0v) is 11.1. The van der Waals surface area contributed by atoms with Gasteiger partial charge in [0.05, 0.1) is 5.56 Å². The van der Waals surface area contributed by atoms with Gasteiger partial charge in [0.15, 0.2) is 0 Å². The van der Waals surface area contributed by atoms with E-state index in [1.807, 2.05) is 13.0 Å². The molecule has 1 nitrogen and oxygen atoms in total. The van der Waals surface area contributed by atoms with Gasteiger partial charge in [0.2, 0.25) is 0 Å². The number of aryl methyl sites for hydroxylation is 1. The zero-order chi connectivity index (χ0) is 14.0. The van der Waals surface area contributed by atoms with E-state index in [9.17, 15) is 18.3 Å². The van der Waals surface area contributed by atoms with Crippen LogP contribution in [-0.2, 0) is 12.6 Å². The fourth-order valence-electron chi connectivity index (χ4n) is 1.78. The number of hydrogen-bond donors (Lipinski definition) is 1. The molecule has 0 radical (unpaired) electrons. The van der Waals surface area contributed by atoms with Gasteiger partial charge < -0.3 is 5.11 Å². The van der Waals surface area contributed by atoms with Crippen LogP contribution in [0.25, 0.3) is 0 Å². The van der Waals surface area contributed by atoms with Gasteiger partial charge in [-0.15, -0.1) is 11.3 Å². The van der Waals surface area contributed by atoms with E-state index in [1.54, 1.807) is 6.07 Å². The Morgan fingerprint density at radius 2 is 1.95 bits per heavy atom. The standard InChI is InChI=1S/C14H13F3OS/c1-2-11-6-7-12(19-11)13(18)9-4-3-5-10(8-9)14(15,16)17/h3-8,13,18H,2H2,1H3. The molecule has 5 heteroatoms. The van der Waals surface area contributed by atoms with Crippen LogP contribution in [0.4, 0.5) is 13.2 Å². The minimum atomic E-state index is -4.39. The number of alkyl halides is 3. The Balaban J connectivity index is 2.31. The summed E-state index contributed by atoms with van der Waals surface area (Å²) in [4.78, 5) is 1.76. The van der Waals surface area contributed by atoms with Gasteiger partial charge in [-0.25, -0.2) is 0 Å². The summed E-state index contributed by atoms with van der Waals surface area (Å²) in [5, 5.41) is 10.1.